The highest BCUT2D eigenvalue weighted by Crippen LogP contribution is 2.17. The van der Waals surface area contributed by atoms with Crippen LogP contribution in [-0.2, 0) is 14.3 Å². The number of carbonyl (C=O) groups excluding carboxylic acids is 2. The number of nitrogens with zero attached hydrogens (tertiary/aromatic N) is 1. The Morgan fingerprint density at radius 3 is 2.65 bits per heavy atom. The maximum absolute atomic E-state index is 12.1. The van der Waals surface area contributed by atoms with Crippen molar-refractivity contribution >= 4 is 23.2 Å². The van der Waals surface area contributed by atoms with Crippen LogP contribution in [0.1, 0.15) is 27.2 Å². The van der Waals surface area contributed by atoms with E-state index in [1.165, 1.54) is 6.92 Å². The summed E-state index contributed by atoms with van der Waals surface area (Å²) in [4.78, 5) is 25.3. The minimum Gasteiger partial charge on any atom is -0.374 e. The van der Waals surface area contributed by atoms with Gasteiger partial charge in [-0.05, 0) is 38.5 Å². The zero-order valence-electron chi connectivity index (χ0n) is 14.0. The van der Waals surface area contributed by atoms with Gasteiger partial charge in [0.05, 0.1) is 18.8 Å². The number of nitrogens with one attached hydrogen (secondary N) is 2. The molecule has 0 aliphatic carbocycles. The molecular formula is C17H25N3O3. The van der Waals surface area contributed by atoms with Crippen molar-refractivity contribution in [2.45, 2.75) is 39.4 Å². The Morgan fingerprint density at radius 2 is 2.00 bits per heavy atom. The summed E-state index contributed by atoms with van der Waals surface area (Å²) >= 11 is 0. The zero-order valence-corrected chi connectivity index (χ0v) is 14.0. The number of anilines is 2. The van der Waals surface area contributed by atoms with Gasteiger partial charge in [0.25, 0.3) is 0 Å². The molecule has 1 aromatic carbocycles. The molecule has 2 N–H and O–H groups in total. The number of amides is 2. The standard InChI is InChI=1S/C17H25N3O3/c1-12(2)23-16-7-8-20(10-16)11-17(22)19-15-6-4-5-14(9-15)18-13(3)21/h4-6,9,12,16H,7-8,10-11H2,1-3H3,(H,18,21)(H,19,22)/t16-/m1/s1. The number of rotatable bonds is 6. The summed E-state index contributed by atoms with van der Waals surface area (Å²) in [7, 11) is 0. The van der Waals surface area contributed by atoms with E-state index in [-0.39, 0.29) is 24.0 Å². The third-order valence-electron chi connectivity index (χ3n) is 3.53. The normalized spacial score (nSPS) is 18.2. The van der Waals surface area contributed by atoms with Crippen molar-refractivity contribution < 1.29 is 14.3 Å². The molecule has 0 saturated carbocycles. The molecule has 1 saturated heterocycles. The summed E-state index contributed by atoms with van der Waals surface area (Å²) in [5.41, 5.74) is 1.34. The molecule has 6 nitrogen and oxygen atoms in total. The van der Waals surface area contributed by atoms with Gasteiger partial charge in [-0.1, -0.05) is 6.07 Å². The van der Waals surface area contributed by atoms with Crippen molar-refractivity contribution in [2.24, 2.45) is 0 Å². The van der Waals surface area contributed by atoms with Gasteiger partial charge in [-0.2, -0.15) is 0 Å². The molecule has 1 aliphatic heterocycles. The summed E-state index contributed by atoms with van der Waals surface area (Å²) in [6.07, 6.45) is 1.39. The Morgan fingerprint density at radius 1 is 1.30 bits per heavy atom. The monoisotopic (exact) mass is 319 g/mol. The summed E-state index contributed by atoms with van der Waals surface area (Å²) < 4.78 is 5.78. The van der Waals surface area contributed by atoms with Crippen molar-refractivity contribution in [2.75, 3.05) is 30.3 Å². The molecule has 126 valence electrons. The maximum atomic E-state index is 12.1. The third-order valence-corrected chi connectivity index (χ3v) is 3.53. The summed E-state index contributed by atoms with van der Waals surface area (Å²) in [6, 6.07) is 7.13. The average Bonchev–Trinajstić information content (AvgIpc) is 2.84. The van der Waals surface area contributed by atoms with Gasteiger partial charge in [0.1, 0.15) is 0 Å². The number of hydrogen-bond acceptors (Lipinski definition) is 4. The van der Waals surface area contributed by atoms with Crippen LogP contribution in [0.5, 0.6) is 0 Å². The first-order chi connectivity index (χ1) is 10.9. The fourth-order valence-electron chi connectivity index (χ4n) is 2.72. The average molecular weight is 319 g/mol. The van der Waals surface area contributed by atoms with E-state index in [0.29, 0.717) is 17.9 Å². The highest BCUT2D eigenvalue weighted by Gasteiger charge is 2.25. The number of ether oxygens (including phenoxy) is 1. The summed E-state index contributed by atoms with van der Waals surface area (Å²) in [5, 5.41) is 5.56. The van der Waals surface area contributed by atoms with Crippen LogP contribution < -0.4 is 10.6 Å². The van der Waals surface area contributed by atoms with Crippen molar-refractivity contribution in [3.8, 4) is 0 Å². The van der Waals surface area contributed by atoms with E-state index < -0.39 is 0 Å². The molecule has 1 aromatic rings. The first-order valence-corrected chi connectivity index (χ1v) is 7.97. The molecule has 23 heavy (non-hydrogen) atoms. The molecule has 1 atom stereocenters. The molecule has 0 bridgehead atoms. The fraction of sp³-hybridized carbons (Fsp3) is 0.529. The third kappa shape index (κ3) is 6.00. The molecule has 1 aliphatic rings. The lowest BCUT2D eigenvalue weighted by molar-refractivity contribution is -0.117. The van der Waals surface area contributed by atoms with E-state index >= 15 is 0 Å². The Balaban J connectivity index is 1.82. The Kier molecular flexibility index (Phi) is 6.12. The van der Waals surface area contributed by atoms with Gasteiger partial charge in [0.15, 0.2) is 0 Å². The molecule has 2 rings (SSSR count). The maximum Gasteiger partial charge on any atom is 0.238 e. The quantitative estimate of drug-likeness (QED) is 0.842. The lowest BCUT2D eigenvalue weighted by Gasteiger charge is -2.17. The Hall–Kier alpha value is -1.92. The molecule has 1 fully saturated rings. The van der Waals surface area contributed by atoms with Gasteiger partial charge < -0.3 is 15.4 Å². The van der Waals surface area contributed by atoms with Crippen LogP contribution in [0, 0.1) is 0 Å². The van der Waals surface area contributed by atoms with E-state index in [2.05, 4.69) is 15.5 Å². The number of hydrogen-bond donors (Lipinski definition) is 2. The molecule has 1 heterocycles. The second-order valence-corrected chi connectivity index (χ2v) is 6.14. The molecule has 0 radical (unpaired) electrons. The predicted octanol–water partition coefficient (Wildman–Crippen LogP) is 2.08. The van der Waals surface area contributed by atoms with Crippen molar-refractivity contribution in [1.29, 1.82) is 0 Å². The van der Waals surface area contributed by atoms with Gasteiger partial charge >= 0.3 is 0 Å². The minimum atomic E-state index is -0.137. The Labute approximate surface area is 137 Å². The largest absolute Gasteiger partial charge is 0.374 e. The first kappa shape index (κ1) is 17.4. The fourth-order valence-corrected chi connectivity index (χ4v) is 2.72. The lowest BCUT2D eigenvalue weighted by Crippen LogP contribution is -2.33. The molecule has 6 heteroatoms. The lowest BCUT2D eigenvalue weighted by atomic mass is 10.2. The van der Waals surface area contributed by atoms with E-state index in [4.69, 9.17) is 4.74 Å². The second kappa shape index (κ2) is 8.08. The van der Waals surface area contributed by atoms with Crippen LogP contribution in [0.15, 0.2) is 24.3 Å². The summed E-state index contributed by atoms with van der Waals surface area (Å²) in [5.74, 6) is -0.197. The Bertz CT molecular complexity index is 560. The molecule has 0 aromatic heterocycles. The van der Waals surface area contributed by atoms with Crippen LogP contribution >= 0.6 is 0 Å². The van der Waals surface area contributed by atoms with E-state index in [0.717, 1.165) is 19.5 Å². The van der Waals surface area contributed by atoms with Crippen molar-refractivity contribution in [3.05, 3.63) is 24.3 Å². The smallest absolute Gasteiger partial charge is 0.238 e. The SMILES string of the molecule is CC(=O)Nc1cccc(NC(=O)CN2CC[C@@H](OC(C)C)C2)c1. The van der Waals surface area contributed by atoms with Crippen LogP contribution in [0.2, 0.25) is 0 Å². The van der Waals surface area contributed by atoms with Gasteiger partial charge in [-0.25, -0.2) is 0 Å². The highest BCUT2D eigenvalue weighted by molar-refractivity contribution is 5.94. The zero-order chi connectivity index (χ0) is 16.8. The van der Waals surface area contributed by atoms with Gasteiger partial charge in [0.2, 0.25) is 11.8 Å². The number of likely N-dealkylation sites (tertiary alicyclic amines) is 1. The van der Waals surface area contributed by atoms with Gasteiger partial charge in [0, 0.05) is 31.4 Å². The predicted molar refractivity (Wildman–Crippen MR) is 90.4 cm³/mol. The van der Waals surface area contributed by atoms with Gasteiger partial charge in [-0.3, -0.25) is 14.5 Å². The topological polar surface area (TPSA) is 70.7 Å². The second-order valence-electron chi connectivity index (χ2n) is 6.14. The van der Waals surface area contributed by atoms with Crippen LogP contribution in [0.3, 0.4) is 0 Å². The van der Waals surface area contributed by atoms with E-state index in [9.17, 15) is 9.59 Å². The first-order valence-electron chi connectivity index (χ1n) is 7.97. The van der Waals surface area contributed by atoms with Crippen LogP contribution in [0.25, 0.3) is 0 Å². The van der Waals surface area contributed by atoms with Crippen LogP contribution in [-0.4, -0.2) is 48.6 Å². The highest BCUT2D eigenvalue weighted by atomic mass is 16.5. The molecule has 0 spiro atoms. The van der Waals surface area contributed by atoms with Gasteiger partial charge in [-0.15, -0.1) is 0 Å². The summed E-state index contributed by atoms with van der Waals surface area (Å²) in [6.45, 7) is 7.51. The van der Waals surface area contributed by atoms with Crippen molar-refractivity contribution in [3.63, 3.8) is 0 Å². The molecular weight excluding hydrogens is 294 g/mol. The number of benzene rings is 1. The van der Waals surface area contributed by atoms with E-state index in [1.807, 2.05) is 13.8 Å². The van der Waals surface area contributed by atoms with E-state index in [1.54, 1.807) is 24.3 Å². The molecule has 0 unspecified atom stereocenters. The molecule has 2 amide bonds. The van der Waals surface area contributed by atoms with Crippen LogP contribution in [0.4, 0.5) is 11.4 Å². The number of carbonyl (C=O) groups is 2. The van der Waals surface area contributed by atoms with Crippen molar-refractivity contribution in [1.82, 2.24) is 4.90 Å². The minimum absolute atomic E-state index is 0.0600.